The molecule has 5 nitrogen and oxygen atoms in total. The Hall–Kier alpha value is -3.86. The monoisotopic (exact) mass is 382 g/mol. The van der Waals surface area contributed by atoms with E-state index >= 15 is 0 Å². The van der Waals surface area contributed by atoms with E-state index < -0.39 is 0 Å². The lowest BCUT2D eigenvalue weighted by molar-refractivity contribution is 0.643. The third kappa shape index (κ3) is 3.62. The van der Waals surface area contributed by atoms with Crippen LogP contribution in [0.3, 0.4) is 0 Å². The summed E-state index contributed by atoms with van der Waals surface area (Å²) in [7, 11) is 1.87. The van der Waals surface area contributed by atoms with Crippen LogP contribution in [0.15, 0.2) is 101 Å². The van der Waals surface area contributed by atoms with E-state index in [9.17, 15) is 4.79 Å². The third-order valence-electron chi connectivity index (χ3n) is 4.84. The molecule has 0 saturated carbocycles. The number of rotatable bonds is 5. The van der Waals surface area contributed by atoms with Gasteiger partial charge in [0.15, 0.2) is 0 Å². The Labute approximate surface area is 169 Å². The Balaban J connectivity index is 1.79. The molecule has 0 N–H and O–H groups in total. The number of anilines is 2. The molecule has 0 aliphatic heterocycles. The summed E-state index contributed by atoms with van der Waals surface area (Å²) in [6.45, 7) is 1.83. The predicted molar refractivity (Wildman–Crippen MR) is 118 cm³/mol. The molecule has 3 aromatic carbocycles. The van der Waals surface area contributed by atoms with Crippen LogP contribution in [0, 0.1) is 6.92 Å². The number of nitrogens with zero attached hydrogens (tertiary/aromatic N) is 4. The minimum absolute atomic E-state index is 0.0499. The smallest absolute Gasteiger partial charge is 0.274 e. The van der Waals surface area contributed by atoms with Crippen LogP contribution in [0.4, 0.5) is 11.4 Å². The van der Waals surface area contributed by atoms with E-state index in [1.807, 2.05) is 115 Å². The first-order chi connectivity index (χ1) is 14.2. The van der Waals surface area contributed by atoms with Crippen molar-refractivity contribution in [2.75, 3.05) is 5.01 Å². The molecule has 0 saturated heterocycles. The minimum Gasteiger partial charge on any atom is -0.279 e. The van der Waals surface area contributed by atoms with Crippen LogP contribution in [-0.4, -0.2) is 15.6 Å². The van der Waals surface area contributed by atoms with Crippen LogP contribution in [0.5, 0.6) is 0 Å². The van der Waals surface area contributed by atoms with Crippen LogP contribution >= 0.6 is 0 Å². The summed E-state index contributed by atoms with van der Waals surface area (Å²) in [6.07, 6.45) is 1.75. The summed E-state index contributed by atoms with van der Waals surface area (Å²) in [6, 6.07) is 29.5. The first-order valence-electron chi connectivity index (χ1n) is 9.45. The molecule has 1 aromatic heterocycles. The quantitative estimate of drug-likeness (QED) is 0.372. The van der Waals surface area contributed by atoms with E-state index in [0.717, 1.165) is 22.8 Å². The molecule has 0 amide bonds. The Morgan fingerprint density at radius 3 is 1.79 bits per heavy atom. The molecule has 144 valence electrons. The lowest BCUT2D eigenvalue weighted by atomic mass is 10.2. The summed E-state index contributed by atoms with van der Waals surface area (Å²) in [5.41, 5.74) is 4.08. The number of hydrogen-bond donors (Lipinski definition) is 0. The van der Waals surface area contributed by atoms with Crippen molar-refractivity contribution in [2.45, 2.75) is 6.92 Å². The van der Waals surface area contributed by atoms with E-state index in [1.165, 1.54) is 0 Å². The van der Waals surface area contributed by atoms with E-state index in [4.69, 9.17) is 5.10 Å². The zero-order chi connectivity index (χ0) is 20.2. The maximum Gasteiger partial charge on any atom is 0.274 e. The van der Waals surface area contributed by atoms with Crippen molar-refractivity contribution in [1.29, 1.82) is 0 Å². The Morgan fingerprint density at radius 2 is 1.28 bits per heavy atom. The summed E-state index contributed by atoms with van der Waals surface area (Å²) < 4.78 is 3.50. The number of aromatic nitrogens is 2. The molecule has 0 radical (unpaired) electrons. The zero-order valence-electron chi connectivity index (χ0n) is 16.4. The van der Waals surface area contributed by atoms with Gasteiger partial charge in [-0.05, 0) is 43.3 Å². The van der Waals surface area contributed by atoms with Crippen molar-refractivity contribution in [2.24, 2.45) is 12.1 Å². The fraction of sp³-hybridized carbons (Fsp3) is 0.0833. The van der Waals surface area contributed by atoms with Gasteiger partial charge < -0.3 is 0 Å². The lowest BCUT2D eigenvalue weighted by Crippen LogP contribution is -2.20. The minimum atomic E-state index is -0.0499. The second kappa shape index (κ2) is 8.02. The van der Waals surface area contributed by atoms with Crippen LogP contribution in [0.25, 0.3) is 5.69 Å². The van der Waals surface area contributed by atoms with Gasteiger partial charge in [-0.2, -0.15) is 5.10 Å². The molecule has 5 heteroatoms. The summed E-state index contributed by atoms with van der Waals surface area (Å²) >= 11 is 0. The fourth-order valence-electron chi connectivity index (χ4n) is 3.33. The summed E-state index contributed by atoms with van der Waals surface area (Å²) in [4.78, 5) is 12.9. The average Bonchev–Trinajstić information content (AvgIpc) is 2.99. The maximum absolute atomic E-state index is 12.9. The molecule has 0 atom stereocenters. The third-order valence-corrected chi connectivity index (χ3v) is 4.84. The summed E-state index contributed by atoms with van der Waals surface area (Å²) in [5.74, 6) is 0. The molecular formula is C24H22N4O. The van der Waals surface area contributed by atoms with Crippen molar-refractivity contribution in [3.05, 3.63) is 113 Å². The molecule has 4 rings (SSSR count). The Kier molecular flexibility index (Phi) is 5.12. The van der Waals surface area contributed by atoms with Gasteiger partial charge >= 0.3 is 0 Å². The standard InChI is InChI=1S/C24H22N4O/c1-19-23(26(2)28(24(19)29)22-16-10-5-11-17-22)18-25-27(20-12-6-3-7-13-20)21-14-8-4-9-15-21/h3-18H,1-2H3/b25-18-. The van der Waals surface area contributed by atoms with Gasteiger partial charge in [-0.1, -0.05) is 54.6 Å². The van der Waals surface area contributed by atoms with Gasteiger partial charge in [0, 0.05) is 12.6 Å². The number of benzene rings is 3. The van der Waals surface area contributed by atoms with E-state index in [2.05, 4.69) is 0 Å². The summed E-state index contributed by atoms with van der Waals surface area (Å²) in [5, 5.41) is 6.60. The van der Waals surface area contributed by atoms with Crippen molar-refractivity contribution in [3.8, 4) is 5.69 Å². The number of para-hydroxylation sites is 3. The van der Waals surface area contributed by atoms with Crippen molar-refractivity contribution < 1.29 is 0 Å². The molecule has 0 aliphatic rings. The van der Waals surface area contributed by atoms with Crippen molar-refractivity contribution in [1.82, 2.24) is 9.36 Å². The van der Waals surface area contributed by atoms with Gasteiger partial charge in [0.25, 0.3) is 5.56 Å². The van der Waals surface area contributed by atoms with Crippen LogP contribution in [0.1, 0.15) is 11.3 Å². The Bertz CT molecular complexity index is 1140. The second-order valence-electron chi connectivity index (χ2n) is 6.71. The highest BCUT2D eigenvalue weighted by molar-refractivity contribution is 5.81. The topological polar surface area (TPSA) is 42.5 Å². The molecule has 0 fully saturated rings. The predicted octanol–water partition coefficient (Wildman–Crippen LogP) is 4.66. The lowest BCUT2D eigenvalue weighted by Gasteiger charge is -2.19. The highest BCUT2D eigenvalue weighted by atomic mass is 16.1. The molecule has 0 aliphatic carbocycles. The van der Waals surface area contributed by atoms with E-state index in [1.54, 1.807) is 10.9 Å². The average molecular weight is 382 g/mol. The molecule has 0 bridgehead atoms. The first kappa shape index (κ1) is 18.5. The van der Waals surface area contributed by atoms with E-state index in [0.29, 0.717) is 5.56 Å². The number of hydrazone groups is 1. The Morgan fingerprint density at radius 1 is 0.793 bits per heavy atom. The highest BCUT2D eigenvalue weighted by Gasteiger charge is 2.15. The van der Waals surface area contributed by atoms with Crippen LogP contribution in [0.2, 0.25) is 0 Å². The zero-order valence-corrected chi connectivity index (χ0v) is 16.4. The van der Waals surface area contributed by atoms with Crippen molar-refractivity contribution in [3.63, 3.8) is 0 Å². The van der Waals surface area contributed by atoms with Crippen LogP contribution in [-0.2, 0) is 7.05 Å². The SMILES string of the molecule is Cc1c(/C=N\N(c2ccccc2)c2ccccc2)n(C)n(-c2ccccc2)c1=O. The molecular weight excluding hydrogens is 360 g/mol. The second-order valence-corrected chi connectivity index (χ2v) is 6.71. The maximum atomic E-state index is 12.9. The van der Waals surface area contributed by atoms with Crippen molar-refractivity contribution >= 4 is 17.6 Å². The van der Waals surface area contributed by atoms with E-state index in [-0.39, 0.29) is 5.56 Å². The van der Waals surface area contributed by atoms with Gasteiger partial charge in [0.1, 0.15) is 0 Å². The first-order valence-corrected chi connectivity index (χ1v) is 9.45. The largest absolute Gasteiger partial charge is 0.279 e. The van der Waals surface area contributed by atoms with Crippen LogP contribution < -0.4 is 10.6 Å². The molecule has 0 spiro atoms. The highest BCUT2D eigenvalue weighted by Crippen LogP contribution is 2.25. The molecule has 1 heterocycles. The molecule has 29 heavy (non-hydrogen) atoms. The van der Waals surface area contributed by atoms with Gasteiger partial charge in [0.2, 0.25) is 0 Å². The number of hydrogen-bond acceptors (Lipinski definition) is 3. The van der Waals surface area contributed by atoms with Gasteiger partial charge in [-0.25, -0.2) is 9.69 Å². The molecule has 0 unspecified atom stereocenters. The van der Waals surface area contributed by atoms with Gasteiger partial charge in [-0.15, -0.1) is 0 Å². The molecule has 4 aromatic rings. The fourth-order valence-corrected chi connectivity index (χ4v) is 3.33. The normalized spacial score (nSPS) is 11.1. The van der Waals surface area contributed by atoms with Gasteiger partial charge in [0.05, 0.1) is 29.0 Å². The van der Waals surface area contributed by atoms with Gasteiger partial charge in [-0.3, -0.25) is 9.48 Å².